The molecule has 1 aliphatic carbocycles. The minimum atomic E-state index is 0.500. The third-order valence-electron chi connectivity index (χ3n) is 3.62. The van der Waals surface area contributed by atoms with Crippen LogP contribution < -0.4 is 10.2 Å². The first-order valence-corrected chi connectivity index (χ1v) is 7.56. The summed E-state index contributed by atoms with van der Waals surface area (Å²) in [5.41, 5.74) is 2.51. The minimum Gasteiger partial charge on any atom is -0.383 e. The van der Waals surface area contributed by atoms with Crippen LogP contribution in [0.1, 0.15) is 37.8 Å². The van der Waals surface area contributed by atoms with Crippen LogP contribution in [0.4, 0.5) is 5.82 Å². The molecule has 4 nitrogen and oxygen atoms in total. The third-order valence-corrected chi connectivity index (χ3v) is 3.62. The highest BCUT2D eigenvalue weighted by Crippen LogP contribution is 2.32. The number of aromatic nitrogens is 1. The number of ether oxygens (including phenoxy) is 1. The molecule has 112 valence electrons. The summed E-state index contributed by atoms with van der Waals surface area (Å²) in [5, 5.41) is 3.43. The molecule has 0 bridgehead atoms. The molecule has 0 unspecified atom stereocenters. The van der Waals surface area contributed by atoms with E-state index in [2.05, 4.69) is 37.1 Å². The van der Waals surface area contributed by atoms with Crippen molar-refractivity contribution in [2.45, 2.75) is 52.2 Å². The average molecular weight is 277 g/mol. The maximum atomic E-state index is 5.22. The number of nitrogens with one attached hydrogen (secondary N) is 1. The molecule has 0 radical (unpaired) electrons. The van der Waals surface area contributed by atoms with Gasteiger partial charge in [0, 0.05) is 38.5 Å². The van der Waals surface area contributed by atoms with Crippen LogP contribution in [0.5, 0.6) is 0 Å². The van der Waals surface area contributed by atoms with Gasteiger partial charge in [-0.25, -0.2) is 4.98 Å². The second-order valence-corrected chi connectivity index (χ2v) is 5.94. The number of hydrogen-bond acceptors (Lipinski definition) is 4. The second-order valence-electron chi connectivity index (χ2n) is 5.94. The summed E-state index contributed by atoms with van der Waals surface area (Å²) in [6.45, 7) is 9.05. The first-order valence-electron chi connectivity index (χ1n) is 7.56. The Labute approximate surface area is 122 Å². The van der Waals surface area contributed by atoms with Crippen LogP contribution in [-0.2, 0) is 11.3 Å². The van der Waals surface area contributed by atoms with E-state index >= 15 is 0 Å². The van der Waals surface area contributed by atoms with Crippen LogP contribution in [0.15, 0.2) is 12.3 Å². The lowest BCUT2D eigenvalue weighted by Gasteiger charge is -2.25. The Kier molecular flexibility index (Phi) is 5.38. The van der Waals surface area contributed by atoms with Gasteiger partial charge in [-0.3, -0.25) is 0 Å². The van der Waals surface area contributed by atoms with E-state index in [0.717, 1.165) is 25.5 Å². The lowest BCUT2D eigenvalue weighted by atomic mass is 10.2. The first-order chi connectivity index (χ1) is 9.61. The summed E-state index contributed by atoms with van der Waals surface area (Å²) in [6, 6.07) is 3.41. The van der Waals surface area contributed by atoms with E-state index in [9.17, 15) is 0 Å². The third kappa shape index (κ3) is 4.18. The number of anilines is 1. The molecule has 0 amide bonds. The lowest BCUT2D eigenvalue weighted by molar-refractivity contribution is 0.204. The fourth-order valence-corrected chi connectivity index (χ4v) is 2.38. The van der Waals surface area contributed by atoms with Crippen LogP contribution in [-0.4, -0.2) is 37.3 Å². The van der Waals surface area contributed by atoms with Gasteiger partial charge in [0.25, 0.3) is 0 Å². The Morgan fingerprint density at radius 2 is 2.20 bits per heavy atom. The van der Waals surface area contributed by atoms with Gasteiger partial charge in [0.1, 0.15) is 5.82 Å². The fourth-order valence-electron chi connectivity index (χ4n) is 2.38. The monoisotopic (exact) mass is 277 g/mol. The lowest BCUT2D eigenvalue weighted by Crippen LogP contribution is -2.31. The molecule has 1 aliphatic rings. The van der Waals surface area contributed by atoms with Crippen molar-refractivity contribution in [3.8, 4) is 0 Å². The molecule has 0 aliphatic heterocycles. The van der Waals surface area contributed by atoms with Crippen molar-refractivity contribution in [1.29, 1.82) is 0 Å². The molecular formula is C16H27N3O. The number of nitrogens with zero attached hydrogens (tertiary/aromatic N) is 2. The smallest absolute Gasteiger partial charge is 0.131 e. The zero-order valence-corrected chi connectivity index (χ0v) is 13.1. The summed E-state index contributed by atoms with van der Waals surface area (Å²) in [6.07, 6.45) is 4.56. The van der Waals surface area contributed by atoms with Gasteiger partial charge < -0.3 is 15.0 Å². The van der Waals surface area contributed by atoms with Gasteiger partial charge in [-0.1, -0.05) is 13.8 Å². The molecule has 1 aromatic rings. The van der Waals surface area contributed by atoms with E-state index in [1.807, 2.05) is 6.20 Å². The summed E-state index contributed by atoms with van der Waals surface area (Å²) in [4.78, 5) is 7.10. The Hall–Kier alpha value is -1.13. The zero-order chi connectivity index (χ0) is 14.5. The van der Waals surface area contributed by atoms with Gasteiger partial charge in [0.05, 0.1) is 6.61 Å². The topological polar surface area (TPSA) is 37.4 Å². The van der Waals surface area contributed by atoms with Crippen LogP contribution in [0.25, 0.3) is 0 Å². The maximum Gasteiger partial charge on any atom is 0.131 e. The van der Waals surface area contributed by atoms with Gasteiger partial charge in [-0.2, -0.15) is 0 Å². The van der Waals surface area contributed by atoms with Gasteiger partial charge in [-0.05, 0) is 37.0 Å². The van der Waals surface area contributed by atoms with Crippen molar-refractivity contribution in [2.75, 3.05) is 25.2 Å². The van der Waals surface area contributed by atoms with Crippen molar-refractivity contribution >= 4 is 5.82 Å². The van der Waals surface area contributed by atoms with E-state index < -0.39 is 0 Å². The van der Waals surface area contributed by atoms with Crippen molar-refractivity contribution in [3.05, 3.63) is 23.4 Å². The van der Waals surface area contributed by atoms with Gasteiger partial charge in [-0.15, -0.1) is 0 Å². The van der Waals surface area contributed by atoms with E-state index in [1.165, 1.54) is 24.0 Å². The molecule has 1 N–H and O–H groups in total. The molecule has 0 atom stereocenters. The van der Waals surface area contributed by atoms with Crippen molar-refractivity contribution in [3.63, 3.8) is 0 Å². The largest absolute Gasteiger partial charge is 0.383 e. The predicted molar refractivity (Wildman–Crippen MR) is 83.2 cm³/mol. The van der Waals surface area contributed by atoms with Crippen molar-refractivity contribution < 1.29 is 4.74 Å². The van der Waals surface area contributed by atoms with Crippen LogP contribution in [0.2, 0.25) is 0 Å². The zero-order valence-electron chi connectivity index (χ0n) is 13.1. The number of hydrogen-bond donors (Lipinski definition) is 1. The molecule has 4 heteroatoms. The number of rotatable bonds is 8. The molecule has 0 spiro atoms. The molecule has 20 heavy (non-hydrogen) atoms. The number of methoxy groups -OCH3 is 1. The Balaban J connectivity index is 2.06. The molecule has 1 fully saturated rings. The summed E-state index contributed by atoms with van der Waals surface area (Å²) < 4.78 is 5.22. The quantitative estimate of drug-likeness (QED) is 0.792. The SMILES string of the molecule is COCCN(c1ncc(CNC(C)C)cc1C)C1CC1. The minimum absolute atomic E-state index is 0.500. The Morgan fingerprint density at radius 1 is 1.45 bits per heavy atom. The van der Waals surface area contributed by atoms with Crippen molar-refractivity contribution in [1.82, 2.24) is 10.3 Å². The summed E-state index contributed by atoms with van der Waals surface area (Å²) in [5.74, 6) is 1.12. The van der Waals surface area contributed by atoms with Gasteiger partial charge >= 0.3 is 0 Å². The molecule has 0 aromatic carbocycles. The highest BCUT2D eigenvalue weighted by molar-refractivity contribution is 5.49. The predicted octanol–water partition coefficient (Wildman–Crippen LogP) is 2.50. The highest BCUT2D eigenvalue weighted by atomic mass is 16.5. The van der Waals surface area contributed by atoms with E-state index in [0.29, 0.717) is 12.1 Å². The standard InChI is InChI=1S/C16H27N3O/c1-12(2)17-10-14-9-13(3)16(18-11-14)19(7-8-20-4)15-5-6-15/h9,11-12,15,17H,5-8,10H2,1-4H3. The van der Waals surface area contributed by atoms with E-state index in [-0.39, 0.29) is 0 Å². The average Bonchev–Trinajstić information content (AvgIpc) is 3.23. The normalized spacial score (nSPS) is 14.8. The second kappa shape index (κ2) is 7.04. The van der Waals surface area contributed by atoms with Crippen LogP contribution in [0.3, 0.4) is 0 Å². The Morgan fingerprint density at radius 3 is 2.75 bits per heavy atom. The molecule has 2 rings (SSSR count). The van der Waals surface area contributed by atoms with Gasteiger partial charge in [0.2, 0.25) is 0 Å². The number of pyridine rings is 1. The molecule has 0 saturated heterocycles. The van der Waals surface area contributed by atoms with Gasteiger partial charge in [0.15, 0.2) is 0 Å². The summed E-state index contributed by atoms with van der Waals surface area (Å²) in [7, 11) is 1.76. The fraction of sp³-hybridized carbons (Fsp3) is 0.688. The number of aryl methyl sites for hydroxylation is 1. The molecule has 1 aromatic heterocycles. The maximum absolute atomic E-state index is 5.22. The first kappa shape index (κ1) is 15.3. The van der Waals surface area contributed by atoms with E-state index in [1.54, 1.807) is 7.11 Å². The van der Waals surface area contributed by atoms with Crippen LogP contribution >= 0.6 is 0 Å². The summed E-state index contributed by atoms with van der Waals surface area (Å²) >= 11 is 0. The highest BCUT2D eigenvalue weighted by Gasteiger charge is 2.30. The van der Waals surface area contributed by atoms with Crippen molar-refractivity contribution in [2.24, 2.45) is 0 Å². The molecule has 1 heterocycles. The molecular weight excluding hydrogens is 250 g/mol. The van der Waals surface area contributed by atoms with Crippen LogP contribution in [0, 0.1) is 6.92 Å². The van der Waals surface area contributed by atoms with E-state index in [4.69, 9.17) is 9.72 Å². The Bertz CT molecular complexity index is 430. The molecule has 1 saturated carbocycles.